The van der Waals surface area contributed by atoms with Gasteiger partial charge in [-0.25, -0.2) is 0 Å². The summed E-state index contributed by atoms with van der Waals surface area (Å²) in [5, 5.41) is 0. The fourth-order valence-corrected chi connectivity index (χ4v) is 1.37. The third-order valence-corrected chi connectivity index (χ3v) is 1.93. The Hall–Kier alpha value is 0.0500. The van der Waals surface area contributed by atoms with Crippen LogP contribution in [0.5, 0.6) is 0 Å². The highest BCUT2D eigenvalue weighted by atomic mass is 32.1. The molecule has 0 aliphatic heterocycles. The molecule has 0 aromatic carbocycles. The molecule has 0 bridgehead atoms. The van der Waals surface area contributed by atoms with Crippen molar-refractivity contribution < 1.29 is 0 Å². The van der Waals surface area contributed by atoms with Crippen LogP contribution in [0.15, 0.2) is 12.2 Å². The molecule has 0 saturated carbocycles. The lowest BCUT2D eigenvalue weighted by Crippen LogP contribution is -2.25. The Morgan fingerprint density at radius 3 is 2.08 bits per heavy atom. The van der Waals surface area contributed by atoms with E-state index in [2.05, 4.69) is 43.5 Å². The van der Waals surface area contributed by atoms with Gasteiger partial charge in [-0.05, 0) is 25.9 Å². The topological polar surface area (TPSA) is 3.24 Å². The van der Waals surface area contributed by atoms with Crippen molar-refractivity contribution in [1.29, 1.82) is 0 Å². The molecule has 1 nitrogen and oxygen atoms in total. The lowest BCUT2D eigenvalue weighted by Gasteiger charge is -2.18. The zero-order chi connectivity index (χ0) is 9.23. The predicted octanol–water partition coefficient (Wildman–Crippen LogP) is 2.59. The quantitative estimate of drug-likeness (QED) is 0.473. The Balaban J connectivity index is 3.54. The smallest absolute Gasteiger partial charge is 0.0163 e. The molecule has 0 rings (SSSR count). The molecule has 0 radical (unpaired) electrons. The zero-order valence-electron chi connectivity index (χ0n) is 8.29. The molecule has 0 atom stereocenters. The van der Waals surface area contributed by atoms with Gasteiger partial charge < -0.3 is 0 Å². The molecule has 0 fully saturated rings. The Bertz CT molecular complexity index is 106. The Morgan fingerprint density at radius 1 is 1.08 bits per heavy atom. The summed E-state index contributed by atoms with van der Waals surface area (Å²) in [5.74, 6) is 0.853. The van der Waals surface area contributed by atoms with Gasteiger partial charge in [0.25, 0.3) is 0 Å². The predicted molar refractivity (Wildman–Crippen MR) is 60.0 cm³/mol. The summed E-state index contributed by atoms with van der Waals surface area (Å²) in [5.41, 5.74) is 0. The highest BCUT2D eigenvalue weighted by molar-refractivity contribution is 7.80. The third-order valence-electron chi connectivity index (χ3n) is 1.72. The van der Waals surface area contributed by atoms with Crippen molar-refractivity contribution in [2.24, 2.45) is 0 Å². The van der Waals surface area contributed by atoms with Gasteiger partial charge in [0.2, 0.25) is 0 Å². The molecule has 0 aliphatic carbocycles. The molecule has 0 N–H and O–H groups in total. The van der Waals surface area contributed by atoms with Crippen LogP contribution in [0, 0.1) is 0 Å². The molecule has 0 amide bonds. The van der Waals surface area contributed by atoms with Crippen LogP contribution in [0.1, 0.15) is 26.7 Å². The molecule has 2 heteroatoms. The van der Waals surface area contributed by atoms with Crippen molar-refractivity contribution in [2.45, 2.75) is 26.7 Å². The second kappa shape index (κ2) is 9.14. The van der Waals surface area contributed by atoms with Crippen molar-refractivity contribution in [3.8, 4) is 0 Å². The van der Waals surface area contributed by atoms with E-state index in [1.54, 1.807) is 0 Å². The first kappa shape index (κ1) is 12.0. The first-order valence-electron chi connectivity index (χ1n) is 4.83. The summed E-state index contributed by atoms with van der Waals surface area (Å²) < 4.78 is 0. The molecule has 0 aliphatic rings. The molecule has 0 saturated heterocycles. The number of nitrogens with zero attached hydrogens (tertiary/aromatic N) is 1. The maximum Gasteiger partial charge on any atom is 0.0163 e. The minimum Gasteiger partial charge on any atom is -0.300 e. The van der Waals surface area contributed by atoms with Crippen LogP contribution < -0.4 is 0 Å². The van der Waals surface area contributed by atoms with Crippen molar-refractivity contribution in [1.82, 2.24) is 4.90 Å². The van der Waals surface area contributed by atoms with Crippen LogP contribution in [0.4, 0.5) is 0 Å². The van der Waals surface area contributed by atoms with E-state index in [1.165, 1.54) is 25.9 Å². The van der Waals surface area contributed by atoms with E-state index in [4.69, 9.17) is 0 Å². The van der Waals surface area contributed by atoms with Gasteiger partial charge in [0.15, 0.2) is 0 Å². The first-order valence-corrected chi connectivity index (χ1v) is 5.46. The molecule has 0 heterocycles. The van der Waals surface area contributed by atoms with Gasteiger partial charge in [-0.3, -0.25) is 4.90 Å². The number of rotatable bonds is 7. The fourth-order valence-electron chi connectivity index (χ4n) is 1.22. The minimum atomic E-state index is 0.853. The van der Waals surface area contributed by atoms with Gasteiger partial charge in [-0.2, -0.15) is 12.6 Å². The lowest BCUT2D eigenvalue weighted by atomic mass is 10.3. The van der Waals surface area contributed by atoms with Crippen molar-refractivity contribution in [3.05, 3.63) is 12.2 Å². The van der Waals surface area contributed by atoms with Crippen LogP contribution in [0.3, 0.4) is 0 Å². The third kappa shape index (κ3) is 6.74. The van der Waals surface area contributed by atoms with E-state index >= 15 is 0 Å². The van der Waals surface area contributed by atoms with E-state index in [0.717, 1.165) is 12.3 Å². The van der Waals surface area contributed by atoms with E-state index in [-0.39, 0.29) is 0 Å². The van der Waals surface area contributed by atoms with Crippen LogP contribution in [-0.4, -0.2) is 30.3 Å². The monoisotopic (exact) mass is 187 g/mol. The second-order valence-electron chi connectivity index (χ2n) is 2.95. The summed E-state index contributed by atoms with van der Waals surface area (Å²) in [7, 11) is 0. The molecule has 0 aromatic rings. The average Bonchev–Trinajstić information content (AvgIpc) is 2.06. The standard InChI is InChI=1S/C10H21NS/c1-3-7-11(8-4-2)9-5-6-10-12/h5-6,12H,3-4,7-10H2,1-2H3. The van der Waals surface area contributed by atoms with Gasteiger partial charge in [-0.15, -0.1) is 0 Å². The summed E-state index contributed by atoms with van der Waals surface area (Å²) >= 11 is 4.12. The summed E-state index contributed by atoms with van der Waals surface area (Å²) in [4.78, 5) is 2.47. The van der Waals surface area contributed by atoms with Crippen LogP contribution >= 0.6 is 12.6 Å². The number of hydrogen-bond donors (Lipinski definition) is 1. The van der Waals surface area contributed by atoms with Crippen LogP contribution in [-0.2, 0) is 0 Å². The molecule has 0 unspecified atom stereocenters. The number of hydrogen-bond acceptors (Lipinski definition) is 2. The second-order valence-corrected chi connectivity index (χ2v) is 3.32. The zero-order valence-corrected chi connectivity index (χ0v) is 9.19. The first-order chi connectivity index (χ1) is 5.85. The van der Waals surface area contributed by atoms with E-state index in [9.17, 15) is 0 Å². The fraction of sp³-hybridized carbons (Fsp3) is 0.800. The molecule has 0 aromatic heterocycles. The SMILES string of the molecule is CCCN(CC=CCS)CCC. The molecule has 12 heavy (non-hydrogen) atoms. The molecular weight excluding hydrogens is 166 g/mol. The highest BCUT2D eigenvalue weighted by Crippen LogP contribution is 1.94. The normalized spacial score (nSPS) is 11.7. The van der Waals surface area contributed by atoms with Crippen molar-refractivity contribution in [2.75, 3.05) is 25.4 Å². The van der Waals surface area contributed by atoms with Crippen LogP contribution in [0.25, 0.3) is 0 Å². The van der Waals surface area contributed by atoms with E-state index in [0.29, 0.717) is 0 Å². The molecular formula is C10H21NS. The molecule has 72 valence electrons. The average molecular weight is 187 g/mol. The van der Waals surface area contributed by atoms with Gasteiger partial charge in [0, 0.05) is 12.3 Å². The van der Waals surface area contributed by atoms with Gasteiger partial charge >= 0.3 is 0 Å². The highest BCUT2D eigenvalue weighted by Gasteiger charge is 1.97. The summed E-state index contributed by atoms with van der Waals surface area (Å²) in [6.07, 6.45) is 6.81. The Kier molecular flexibility index (Phi) is 9.18. The maximum absolute atomic E-state index is 4.12. The largest absolute Gasteiger partial charge is 0.300 e. The van der Waals surface area contributed by atoms with E-state index < -0.39 is 0 Å². The minimum absolute atomic E-state index is 0.853. The van der Waals surface area contributed by atoms with Gasteiger partial charge in [0.1, 0.15) is 0 Å². The van der Waals surface area contributed by atoms with Crippen LogP contribution in [0.2, 0.25) is 0 Å². The Morgan fingerprint density at radius 2 is 1.67 bits per heavy atom. The maximum atomic E-state index is 4.12. The Labute approximate surface area is 82.2 Å². The van der Waals surface area contributed by atoms with Crippen molar-refractivity contribution in [3.63, 3.8) is 0 Å². The van der Waals surface area contributed by atoms with Crippen molar-refractivity contribution >= 4 is 12.6 Å². The molecule has 0 spiro atoms. The number of thiol groups is 1. The van der Waals surface area contributed by atoms with E-state index in [1.807, 2.05) is 0 Å². The lowest BCUT2D eigenvalue weighted by molar-refractivity contribution is 0.303. The van der Waals surface area contributed by atoms with Gasteiger partial charge in [-0.1, -0.05) is 26.0 Å². The summed E-state index contributed by atoms with van der Waals surface area (Å²) in [6.45, 7) is 7.97. The van der Waals surface area contributed by atoms with Gasteiger partial charge in [0.05, 0.1) is 0 Å². The summed E-state index contributed by atoms with van der Waals surface area (Å²) in [6, 6.07) is 0.